The fraction of sp³-hybridized carbons (Fsp3) is 0. The number of nitrogens with one attached hydrogen (secondary N) is 1. The molecule has 0 aliphatic rings. The van der Waals surface area contributed by atoms with E-state index in [2.05, 4.69) is 15.6 Å². The largest absolute Gasteiger partial charge is 0.227 e. The Morgan fingerprint density at radius 3 is 2.50 bits per heavy atom. The maximum absolute atomic E-state index is 7.54. The van der Waals surface area contributed by atoms with Crippen LogP contribution in [-0.4, -0.2) is 0 Å². The van der Waals surface area contributed by atoms with Crippen LogP contribution in [0, 0.1) is 17.0 Å². The van der Waals surface area contributed by atoms with Crippen molar-refractivity contribution in [2.75, 3.05) is 0 Å². The molecule has 0 aromatic carbocycles. The molecule has 5 heteroatoms. The third-order valence-electron chi connectivity index (χ3n) is 0.134. The lowest BCUT2D eigenvalue weighted by Crippen LogP contribution is -1.37. The minimum atomic E-state index is 1.31. The van der Waals surface area contributed by atoms with Gasteiger partial charge in [-0.05, 0) is 15.6 Å². The van der Waals surface area contributed by atoms with Crippen LogP contribution in [0.25, 0.3) is 0 Å². The second kappa shape index (κ2) is 3.69. The summed E-state index contributed by atoms with van der Waals surface area (Å²) in [6.45, 7) is 0. The van der Waals surface area contributed by atoms with E-state index in [9.17, 15) is 0 Å². The van der Waals surface area contributed by atoms with Crippen molar-refractivity contribution in [2.24, 2.45) is 15.6 Å². The van der Waals surface area contributed by atoms with E-state index in [0.717, 1.165) is 0 Å². The molecule has 0 radical (unpaired) electrons. The molecule has 0 saturated carbocycles. The van der Waals surface area contributed by atoms with Crippen LogP contribution in [0.2, 0.25) is 0 Å². The maximum Gasteiger partial charge on any atom is 0.227 e. The number of hydrogen-bond donors (Lipinski definition) is 1. The molecule has 0 bridgehead atoms. The van der Waals surface area contributed by atoms with Gasteiger partial charge in [0, 0.05) is 0 Å². The molecule has 0 aliphatic heterocycles. The molecule has 0 amide bonds. The Labute approximate surface area is 33.8 Å². The van der Waals surface area contributed by atoms with Crippen molar-refractivity contribution in [1.82, 2.24) is 0 Å². The van der Waals surface area contributed by atoms with E-state index >= 15 is 0 Å². The predicted octanol–water partition coefficient (Wildman–Crippen LogP) is 0.866. The average molecular weight is 83.1 g/mol. The van der Waals surface area contributed by atoms with Crippen molar-refractivity contribution < 1.29 is 0 Å². The molecule has 0 heterocycles. The minimum absolute atomic E-state index is 1.31. The molecule has 30 valence electrons. The lowest BCUT2D eigenvalue weighted by molar-refractivity contribution is 0.910. The van der Waals surface area contributed by atoms with Crippen molar-refractivity contribution in [3.8, 4) is 6.19 Å². The molecule has 5 nitrogen and oxygen atoms in total. The number of rotatable bonds is 1. The van der Waals surface area contributed by atoms with Gasteiger partial charge in [-0.25, -0.2) is 0 Å². The first-order valence-corrected chi connectivity index (χ1v) is 1.07. The van der Waals surface area contributed by atoms with E-state index in [0.29, 0.717) is 0 Å². The molecule has 6 heavy (non-hydrogen) atoms. The van der Waals surface area contributed by atoms with Crippen molar-refractivity contribution in [3.05, 3.63) is 0 Å². The highest BCUT2D eigenvalue weighted by atomic mass is 15.4. The van der Waals surface area contributed by atoms with Gasteiger partial charge in [0.2, 0.25) is 6.19 Å². The smallest absolute Gasteiger partial charge is 0.183 e. The van der Waals surface area contributed by atoms with Gasteiger partial charge in [0.15, 0.2) is 0 Å². The summed E-state index contributed by atoms with van der Waals surface area (Å²) in [6, 6.07) is 0. The molecule has 0 saturated heterocycles. The standard InChI is InChI=1S/CHN5/c2-1-4-6-5-3/h3H/b5-3?,6-4+. The molecule has 0 atom stereocenters. The summed E-state index contributed by atoms with van der Waals surface area (Å²) in [4.78, 5) is 0. The summed E-state index contributed by atoms with van der Waals surface area (Å²) in [5, 5.41) is 15.3. The SMILES string of the molecule is N#C/N=N/N=N. The summed E-state index contributed by atoms with van der Waals surface area (Å²) in [5.74, 6) is 0. The number of nitrogens with zero attached hydrogens (tertiary/aromatic N) is 4. The fourth-order valence-corrected chi connectivity index (χ4v) is 0.0424. The number of nitriles is 1. The van der Waals surface area contributed by atoms with Gasteiger partial charge in [-0.1, -0.05) is 0 Å². The molecule has 0 aliphatic carbocycles. The lowest BCUT2D eigenvalue weighted by Gasteiger charge is -1.52. The molecule has 0 aromatic rings. The Hall–Kier alpha value is -1.31. The van der Waals surface area contributed by atoms with Gasteiger partial charge in [-0.2, -0.15) is 10.8 Å². The summed E-state index contributed by atoms with van der Waals surface area (Å²) in [5.41, 5.74) is 5.92. The highest BCUT2D eigenvalue weighted by Crippen LogP contribution is 1.67. The molecule has 0 aromatic heterocycles. The molecule has 0 spiro atoms. The summed E-state index contributed by atoms with van der Waals surface area (Å²) in [6.07, 6.45) is 1.31. The van der Waals surface area contributed by atoms with E-state index < -0.39 is 0 Å². The first-order valence-electron chi connectivity index (χ1n) is 1.07. The second-order valence-corrected chi connectivity index (χ2v) is 0.389. The van der Waals surface area contributed by atoms with E-state index in [4.69, 9.17) is 10.8 Å². The Morgan fingerprint density at radius 1 is 1.67 bits per heavy atom. The topological polar surface area (TPSA) is 84.7 Å². The van der Waals surface area contributed by atoms with E-state index in [1.807, 2.05) is 0 Å². The maximum atomic E-state index is 7.54. The Kier molecular flexibility index (Phi) is 2.88. The first-order chi connectivity index (χ1) is 2.91. The van der Waals surface area contributed by atoms with Crippen molar-refractivity contribution >= 4 is 0 Å². The van der Waals surface area contributed by atoms with Gasteiger partial charge in [0.25, 0.3) is 0 Å². The van der Waals surface area contributed by atoms with Crippen LogP contribution in [-0.2, 0) is 0 Å². The third-order valence-corrected chi connectivity index (χ3v) is 0.134. The van der Waals surface area contributed by atoms with Gasteiger partial charge >= 0.3 is 0 Å². The summed E-state index contributed by atoms with van der Waals surface area (Å²) < 4.78 is 0. The van der Waals surface area contributed by atoms with Gasteiger partial charge in [-0.15, -0.1) is 0 Å². The zero-order chi connectivity index (χ0) is 4.83. The minimum Gasteiger partial charge on any atom is -0.183 e. The zero-order valence-electron chi connectivity index (χ0n) is 2.79. The van der Waals surface area contributed by atoms with Crippen molar-refractivity contribution in [3.63, 3.8) is 0 Å². The van der Waals surface area contributed by atoms with Crippen molar-refractivity contribution in [2.45, 2.75) is 0 Å². The van der Waals surface area contributed by atoms with Crippen molar-refractivity contribution in [1.29, 1.82) is 10.8 Å². The zero-order valence-corrected chi connectivity index (χ0v) is 2.79. The van der Waals surface area contributed by atoms with Crippen LogP contribution in [0.5, 0.6) is 0 Å². The highest BCUT2D eigenvalue weighted by molar-refractivity contribution is 4.56. The van der Waals surface area contributed by atoms with E-state index in [1.54, 1.807) is 0 Å². The fourth-order valence-electron chi connectivity index (χ4n) is 0.0424. The van der Waals surface area contributed by atoms with Crippen LogP contribution < -0.4 is 0 Å². The molecule has 0 fully saturated rings. The van der Waals surface area contributed by atoms with E-state index in [1.165, 1.54) is 6.19 Å². The monoisotopic (exact) mass is 83.0 g/mol. The van der Waals surface area contributed by atoms with Gasteiger partial charge in [0.1, 0.15) is 0 Å². The van der Waals surface area contributed by atoms with Crippen LogP contribution in [0.1, 0.15) is 0 Å². The Bertz CT molecular complexity index is 95.0. The molecule has 1 N–H and O–H groups in total. The lowest BCUT2D eigenvalue weighted by atomic mass is 11.5. The molecular formula is CHN5. The van der Waals surface area contributed by atoms with Crippen LogP contribution >= 0.6 is 0 Å². The van der Waals surface area contributed by atoms with Crippen LogP contribution in [0.4, 0.5) is 0 Å². The normalized spacial score (nSPS) is 7.83. The Morgan fingerprint density at radius 2 is 2.33 bits per heavy atom. The first kappa shape index (κ1) is 4.69. The quantitative estimate of drug-likeness (QED) is 0.284. The Balaban J connectivity index is 3.26. The summed E-state index contributed by atoms with van der Waals surface area (Å²) in [7, 11) is 0. The van der Waals surface area contributed by atoms with Gasteiger partial charge in [-0.3, -0.25) is 0 Å². The summed E-state index contributed by atoms with van der Waals surface area (Å²) >= 11 is 0. The molecule has 0 rings (SSSR count). The second-order valence-electron chi connectivity index (χ2n) is 0.389. The van der Waals surface area contributed by atoms with Crippen LogP contribution in [0.3, 0.4) is 0 Å². The average Bonchev–Trinajstić information content (AvgIpc) is 1.61. The van der Waals surface area contributed by atoms with Gasteiger partial charge in [0.05, 0.1) is 0 Å². The highest BCUT2D eigenvalue weighted by Gasteiger charge is 1.53. The molecule has 0 unspecified atom stereocenters. The van der Waals surface area contributed by atoms with E-state index in [-0.39, 0.29) is 0 Å². The van der Waals surface area contributed by atoms with Crippen LogP contribution in [0.15, 0.2) is 15.6 Å². The molecular weight excluding hydrogens is 82.0 g/mol. The predicted molar refractivity (Wildman–Crippen MR) is 15.6 cm³/mol. The third kappa shape index (κ3) is 2.69. The van der Waals surface area contributed by atoms with Gasteiger partial charge < -0.3 is 0 Å². The number of hydrogen-bond acceptors (Lipinski definition) is 3.